The van der Waals surface area contributed by atoms with E-state index in [2.05, 4.69) is 0 Å². The van der Waals surface area contributed by atoms with Gasteiger partial charge in [-0.25, -0.2) is 4.79 Å². The minimum Gasteiger partial charge on any atom is -0.497 e. The van der Waals surface area contributed by atoms with Crippen molar-refractivity contribution >= 4 is 11.7 Å². The minimum atomic E-state index is -0.462. The maximum absolute atomic E-state index is 11.7. The van der Waals surface area contributed by atoms with Gasteiger partial charge in [0.2, 0.25) is 0 Å². The fourth-order valence-corrected chi connectivity index (χ4v) is 1.86. The van der Waals surface area contributed by atoms with E-state index in [0.29, 0.717) is 23.6 Å². The molecule has 0 aliphatic carbocycles. The highest BCUT2D eigenvalue weighted by Gasteiger charge is 2.13. The number of benzene rings is 2. The summed E-state index contributed by atoms with van der Waals surface area (Å²) in [7, 11) is 2.93. The Kier molecular flexibility index (Phi) is 4.66. The van der Waals surface area contributed by atoms with E-state index in [4.69, 9.17) is 19.9 Å². The second-order valence-electron chi connectivity index (χ2n) is 4.39. The highest BCUT2D eigenvalue weighted by Crippen LogP contribution is 2.24. The number of methoxy groups -OCH3 is 2. The molecule has 2 N–H and O–H groups in total. The van der Waals surface area contributed by atoms with Crippen LogP contribution in [0.15, 0.2) is 42.5 Å². The van der Waals surface area contributed by atoms with Crippen LogP contribution in [-0.2, 0) is 11.3 Å². The Morgan fingerprint density at radius 3 is 2.67 bits per heavy atom. The number of nitrogen functional groups attached to an aromatic ring is 1. The van der Waals surface area contributed by atoms with Gasteiger partial charge in [0, 0.05) is 11.8 Å². The van der Waals surface area contributed by atoms with Crippen LogP contribution in [0.1, 0.15) is 15.9 Å². The third-order valence-corrected chi connectivity index (χ3v) is 2.94. The zero-order valence-electron chi connectivity index (χ0n) is 12.0. The van der Waals surface area contributed by atoms with Gasteiger partial charge >= 0.3 is 5.97 Å². The van der Waals surface area contributed by atoms with Crippen LogP contribution in [0.4, 0.5) is 5.69 Å². The van der Waals surface area contributed by atoms with Crippen LogP contribution in [0.2, 0.25) is 0 Å². The number of nitrogens with two attached hydrogens (primary N) is 1. The predicted molar refractivity (Wildman–Crippen MR) is 79.5 cm³/mol. The Balaban J connectivity index is 2.18. The molecule has 0 radical (unpaired) electrons. The fourth-order valence-electron chi connectivity index (χ4n) is 1.86. The molecule has 5 nitrogen and oxygen atoms in total. The summed E-state index contributed by atoms with van der Waals surface area (Å²) < 4.78 is 15.6. The second kappa shape index (κ2) is 6.65. The predicted octanol–water partition coefficient (Wildman–Crippen LogP) is 2.64. The lowest BCUT2D eigenvalue weighted by Gasteiger charge is -2.11. The summed E-state index contributed by atoms with van der Waals surface area (Å²) in [5.74, 6) is 0.678. The zero-order valence-corrected chi connectivity index (χ0v) is 12.0. The van der Waals surface area contributed by atoms with Gasteiger partial charge in [-0.15, -0.1) is 0 Å². The van der Waals surface area contributed by atoms with Gasteiger partial charge in [-0.1, -0.05) is 12.1 Å². The Morgan fingerprint density at radius 2 is 1.95 bits per heavy atom. The molecule has 21 heavy (non-hydrogen) atoms. The minimum absolute atomic E-state index is 0.296. The summed E-state index contributed by atoms with van der Waals surface area (Å²) in [5, 5.41) is 0. The first kappa shape index (κ1) is 14.7. The summed E-state index contributed by atoms with van der Waals surface area (Å²) in [6.07, 6.45) is 0. The molecule has 2 rings (SSSR count). The van der Waals surface area contributed by atoms with E-state index in [1.165, 1.54) is 7.11 Å². The van der Waals surface area contributed by atoms with E-state index in [-0.39, 0.29) is 0 Å². The van der Waals surface area contributed by atoms with E-state index in [1.807, 2.05) is 24.3 Å². The number of ether oxygens (including phenoxy) is 3. The van der Waals surface area contributed by atoms with Gasteiger partial charge < -0.3 is 19.9 Å². The van der Waals surface area contributed by atoms with Crippen LogP contribution in [0.25, 0.3) is 0 Å². The van der Waals surface area contributed by atoms with Gasteiger partial charge in [0.15, 0.2) is 0 Å². The van der Waals surface area contributed by atoms with Crippen molar-refractivity contribution in [3.05, 3.63) is 53.6 Å². The maximum atomic E-state index is 11.7. The van der Waals surface area contributed by atoms with Crippen molar-refractivity contribution in [3.63, 3.8) is 0 Å². The van der Waals surface area contributed by atoms with Gasteiger partial charge in [-0.3, -0.25) is 0 Å². The van der Waals surface area contributed by atoms with Gasteiger partial charge in [-0.05, 0) is 29.8 Å². The number of esters is 1. The molecule has 0 saturated carbocycles. The third-order valence-electron chi connectivity index (χ3n) is 2.94. The van der Waals surface area contributed by atoms with Crippen LogP contribution in [0.3, 0.4) is 0 Å². The van der Waals surface area contributed by atoms with Crippen molar-refractivity contribution in [2.45, 2.75) is 6.61 Å². The number of carbonyl (C=O) groups excluding carboxylic acids is 1. The molecule has 5 heteroatoms. The average Bonchev–Trinajstić information content (AvgIpc) is 2.52. The van der Waals surface area contributed by atoms with Gasteiger partial charge in [0.05, 0.1) is 14.2 Å². The van der Waals surface area contributed by atoms with Crippen molar-refractivity contribution < 1.29 is 19.0 Å². The lowest BCUT2D eigenvalue weighted by Crippen LogP contribution is -2.06. The first-order valence-electron chi connectivity index (χ1n) is 6.37. The SMILES string of the molecule is COC(=O)c1ccc(N)cc1OCc1cccc(OC)c1. The Hall–Kier alpha value is -2.69. The summed E-state index contributed by atoms with van der Waals surface area (Å²) in [6, 6.07) is 12.3. The van der Waals surface area contributed by atoms with Crippen molar-refractivity contribution in [3.8, 4) is 11.5 Å². The molecule has 0 unspecified atom stereocenters. The number of rotatable bonds is 5. The molecule has 0 atom stereocenters. The van der Waals surface area contributed by atoms with Crippen LogP contribution in [-0.4, -0.2) is 20.2 Å². The van der Waals surface area contributed by atoms with E-state index >= 15 is 0 Å². The smallest absolute Gasteiger partial charge is 0.341 e. The summed E-state index contributed by atoms with van der Waals surface area (Å²) in [5.41, 5.74) is 7.51. The molecule has 2 aromatic rings. The molecule has 0 bridgehead atoms. The van der Waals surface area contributed by atoms with Crippen molar-refractivity contribution in [1.29, 1.82) is 0 Å². The largest absolute Gasteiger partial charge is 0.497 e. The molecule has 0 aromatic heterocycles. The second-order valence-corrected chi connectivity index (χ2v) is 4.39. The monoisotopic (exact) mass is 287 g/mol. The molecule has 2 aromatic carbocycles. The first-order valence-corrected chi connectivity index (χ1v) is 6.37. The van der Waals surface area contributed by atoms with E-state index in [1.54, 1.807) is 25.3 Å². The molecule has 0 saturated heterocycles. The van der Waals surface area contributed by atoms with Crippen molar-refractivity contribution in [2.24, 2.45) is 0 Å². The Bertz CT molecular complexity index is 640. The molecule has 0 heterocycles. The zero-order chi connectivity index (χ0) is 15.2. The molecule has 0 aliphatic rings. The highest BCUT2D eigenvalue weighted by molar-refractivity contribution is 5.93. The van der Waals surface area contributed by atoms with Crippen LogP contribution in [0.5, 0.6) is 11.5 Å². The van der Waals surface area contributed by atoms with E-state index in [9.17, 15) is 4.79 Å². The lowest BCUT2D eigenvalue weighted by molar-refractivity contribution is 0.0595. The number of hydrogen-bond donors (Lipinski definition) is 1. The fraction of sp³-hybridized carbons (Fsp3) is 0.188. The summed E-state index contributed by atoms with van der Waals surface area (Å²) in [6.45, 7) is 0.296. The average molecular weight is 287 g/mol. The van der Waals surface area contributed by atoms with Gasteiger partial charge in [-0.2, -0.15) is 0 Å². The molecule has 0 fully saturated rings. The quantitative estimate of drug-likeness (QED) is 0.676. The number of carbonyl (C=O) groups is 1. The standard InChI is InChI=1S/C16H17NO4/c1-19-13-5-3-4-11(8-13)10-21-15-9-12(17)6-7-14(15)16(18)20-2/h3-9H,10,17H2,1-2H3. The summed E-state index contributed by atoms with van der Waals surface area (Å²) in [4.78, 5) is 11.7. The Labute approximate surface area is 123 Å². The van der Waals surface area contributed by atoms with Crippen LogP contribution >= 0.6 is 0 Å². The normalized spacial score (nSPS) is 10.0. The van der Waals surface area contributed by atoms with Crippen molar-refractivity contribution in [1.82, 2.24) is 0 Å². The van der Waals surface area contributed by atoms with E-state index < -0.39 is 5.97 Å². The molecule has 0 aliphatic heterocycles. The topological polar surface area (TPSA) is 70.8 Å². The third kappa shape index (κ3) is 3.66. The van der Waals surface area contributed by atoms with Crippen LogP contribution in [0, 0.1) is 0 Å². The lowest BCUT2D eigenvalue weighted by atomic mass is 10.2. The Morgan fingerprint density at radius 1 is 1.14 bits per heavy atom. The molecular formula is C16H17NO4. The highest BCUT2D eigenvalue weighted by atomic mass is 16.5. The maximum Gasteiger partial charge on any atom is 0.341 e. The molecule has 110 valence electrons. The van der Waals surface area contributed by atoms with Gasteiger partial charge in [0.25, 0.3) is 0 Å². The number of hydrogen-bond acceptors (Lipinski definition) is 5. The molecule has 0 spiro atoms. The van der Waals surface area contributed by atoms with Gasteiger partial charge in [0.1, 0.15) is 23.7 Å². The summed E-state index contributed by atoms with van der Waals surface area (Å²) >= 11 is 0. The van der Waals surface area contributed by atoms with Crippen LogP contribution < -0.4 is 15.2 Å². The molecule has 0 amide bonds. The van der Waals surface area contributed by atoms with Crippen molar-refractivity contribution in [2.75, 3.05) is 20.0 Å². The number of anilines is 1. The first-order chi connectivity index (χ1) is 10.1. The molecular weight excluding hydrogens is 270 g/mol. The van der Waals surface area contributed by atoms with E-state index in [0.717, 1.165) is 11.3 Å².